The van der Waals surface area contributed by atoms with E-state index in [0.717, 1.165) is 32.4 Å². The smallest absolute Gasteiger partial charge is 0.158 e. The van der Waals surface area contributed by atoms with Gasteiger partial charge in [-0.05, 0) is 26.3 Å². The SMILES string of the molecule is COC1CCCN(C(C)(CN)CC(OC)OC)C1. The maximum atomic E-state index is 5.99. The predicted molar refractivity (Wildman–Crippen MR) is 71.5 cm³/mol. The van der Waals surface area contributed by atoms with Gasteiger partial charge in [0.15, 0.2) is 6.29 Å². The Labute approximate surface area is 111 Å². The molecule has 0 aromatic heterocycles. The predicted octanol–water partition coefficient (Wildman–Crippen LogP) is 0.824. The minimum Gasteiger partial charge on any atom is -0.380 e. The van der Waals surface area contributed by atoms with Crippen LogP contribution in [0.4, 0.5) is 0 Å². The zero-order valence-electron chi connectivity index (χ0n) is 12.1. The third-order valence-corrected chi connectivity index (χ3v) is 4.05. The van der Waals surface area contributed by atoms with E-state index in [1.165, 1.54) is 0 Å². The maximum Gasteiger partial charge on any atom is 0.158 e. The fraction of sp³-hybridized carbons (Fsp3) is 1.00. The molecule has 1 aliphatic rings. The molecule has 0 saturated carbocycles. The van der Waals surface area contributed by atoms with Crippen LogP contribution in [0.3, 0.4) is 0 Å². The van der Waals surface area contributed by atoms with Crippen molar-refractivity contribution in [3.63, 3.8) is 0 Å². The molecule has 0 aromatic rings. The lowest BCUT2D eigenvalue weighted by atomic mass is 9.91. The average molecular weight is 260 g/mol. The number of ether oxygens (including phenoxy) is 3. The molecule has 0 amide bonds. The molecule has 1 aliphatic heterocycles. The largest absolute Gasteiger partial charge is 0.380 e. The van der Waals surface area contributed by atoms with Crippen LogP contribution in [0.2, 0.25) is 0 Å². The van der Waals surface area contributed by atoms with Crippen molar-refractivity contribution in [2.75, 3.05) is 41.0 Å². The molecular formula is C13H28N2O3. The molecule has 0 spiro atoms. The van der Waals surface area contributed by atoms with E-state index in [1.807, 2.05) is 0 Å². The molecule has 0 radical (unpaired) electrons. The van der Waals surface area contributed by atoms with Crippen molar-refractivity contribution in [1.29, 1.82) is 0 Å². The van der Waals surface area contributed by atoms with Crippen LogP contribution < -0.4 is 5.73 Å². The molecule has 0 aliphatic carbocycles. The highest BCUT2D eigenvalue weighted by Crippen LogP contribution is 2.26. The Bertz CT molecular complexity index is 236. The van der Waals surface area contributed by atoms with Crippen LogP contribution in [-0.4, -0.2) is 63.8 Å². The van der Waals surface area contributed by atoms with Gasteiger partial charge in [-0.25, -0.2) is 0 Å². The highest BCUT2D eigenvalue weighted by molar-refractivity contribution is 4.91. The van der Waals surface area contributed by atoms with E-state index in [0.29, 0.717) is 12.6 Å². The lowest BCUT2D eigenvalue weighted by Crippen LogP contribution is -2.57. The normalized spacial score (nSPS) is 25.3. The van der Waals surface area contributed by atoms with E-state index >= 15 is 0 Å². The van der Waals surface area contributed by atoms with Crippen molar-refractivity contribution in [3.05, 3.63) is 0 Å². The summed E-state index contributed by atoms with van der Waals surface area (Å²) < 4.78 is 16.1. The first-order valence-corrected chi connectivity index (χ1v) is 6.63. The quantitative estimate of drug-likeness (QED) is 0.687. The molecule has 2 atom stereocenters. The van der Waals surface area contributed by atoms with E-state index < -0.39 is 0 Å². The number of methoxy groups -OCH3 is 3. The first-order chi connectivity index (χ1) is 8.59. The Hall–Kier alpha value is -0.200. The molecule has 18 heavy (non-hydrogen) atoms. The van der Waals surface area contributed by atoms with Gasteiger partial charge in [0.05, 0.1) is 6.10 Å². The summed E-state index contributed by atoms with van der Waals surface area (Å²) >= 11 is 0. The molecule has 1 heterocycles. The van der Waals surface area contributed by atoms with Gasteiger partial charge in [-0.1, -0.05) is 0 Å². The standard InChI is InChI=1S/C13H28N2O3/c1-13(10-14,8-12(17-3)18-4)15-7-5-6-11(9-15)16-2/h11-12H,5-10,14H2,1-4H3. The second-order valence-corrected chi connectivity index (χ2v) is 5.25. The van der Waals surface area contributed by atoms with Gasteiger partial charge in [-0.3, -0.25) is 4.90 Å². The summed E-state index contributed by atoms with van der Waals surface area (Å²) in [5, 5.41) is 0. The first-order valence-electron chi connectivity index (χ1n) is 6.63. The van der Waals surface area contributed by atoms with Crippen LogP contribution >= 0.6 is 0 Å². The Morgan fingerprint density at radius 1 is 1.33 bits per heavy atom. The summed E-state index contributed by atoms with van der Waals surface area (Å²) in [4.78, 5) is 2.41. The van der Waals surface area contributed by atoms with E-state index in [4.69, 9.17) is 19.9 Å². The molecule has 2 N–H and O–H groups in total. The van der Waals surface area contributed by atoms with Crippen LogP contribution in [0, 0.1) is 0 Å². The first kappa shape index (κ1) is 15.9. The summed E-state index contributed by atoms with van der Waals surface area (Å²) in [6.07, 6.45) is 3.16. The average Bonchev–Trinajstić information content (AvgIpc) is 2.44. The van der Waals surface area contributed by atoms with Crippen molar-refractivity contribution in [3.8, 4) is 0 Å². The number of hydrogen-bond acceptors (Lipinski definition) is 5. The minimum absolute atomic E-state index is 0.103. The van der Waals surface area contributed by atoms with Gasteiger partial charge in [-0.2, -0.15) is 0 Å². The molecule has 0 aromatic carbocycles. The number of piperidine rings is 1. The highest BCUT2D eigenvalue weighted by atomic mass is 16.7. The molecule has 1 rings (SSSR count). The molecule has 2 unspecified atom stereocenters. The summed E-state index contributed by atoms with van der Waals surface area (Å²) in [6, 6.07) is 0. The van der Waals surface area contributed by atoms with E-state index in [2.05, 4.69) is 11.8 Å². The Kier molecular flexibility index (Phi) is 6.52. The fourth-order valence-corrected chi connectivity index (χ4v) is 2.58. The van der Waals surface area contributed by atoms with Gasteiger partial charge in [0, 0.05) is 46.4 Å². The number of likely N-dealkylation sites (tertiary alicyclic amines) is 1. The molecular weight excluding hydrogens is 232 g/mol. The Morgan fingerprint density at radius 3 is 2.50 bits per heavy atom. The zero-order chi connectivity index (χ0) is 13.6. The van der Waals surface area contributed by atoms with E-state index in [-0.39, 0.29) is 11.8 Å². The maximum absolute atomic E-state index is 5.99. The number of nitrogens with two attached hydrogens (primary N) is 1. The van der Waals surface area contributed by atoms with Crippen LogP contribution in [0.5, 0.6) is 0 Å². The summed E-state index contributed by atoms with van der Waals surface area (Å²) in [5.74, 6) is 0. The van der Waals surface area contributed by atoms with Crippen LogP contribution in [0.15, 0.2) is 0 Å². The molecule has 0 bridgehead atoms. The lowest BCUT2D eigenvalue weighted by Gasteiger charge is -2.45. The van der Waals surface area contributed by atoms with Gasteiger partial charge in [-0.15, -0.1) is 0 Å². The Morgan fingerprint density at radius 2 is 2.00 bits per heavy atom. The van der Waals surface area contributed by atoms with E-state index in [1.54, 1.807) is 21.3 Å². The van der Waals surface area contributed by atoms with Gasteiger partial charge >= 0.3 is 0 Å². The van der Waals surface area contributed by atoms with Crippen molar-refractivity contribution < 1.29 is 14.2 Å². The number of nitrogens with zero attached hydrogens (tertiary/aromatic N) is 1. The Balaban J connectivity index is 2.66. The molecule has 1 saturated heterocycles. The van der Waals surface area contributed by atoms with Crippen LogP contribution in [-0.2, 0) is 14.2 Å². The third kappa shape index (κ3) is 3.90. The van der Waals surface area contributed by atoms with Gasteiger partial charge in [0.1, 0.15) is 0 Å². The molecule has 108 valence electrons. The lowest BCUT2D eigenvalue weighted by molar-refractivity contribution is -0.133. The fourth-order valence-electron chi connectivity index (χ4n) is 2.58. The van der Waals surface area contributed by atoms with Crippen molar-refractivity contribution >= 4 is 0 Å². The van der Waals surface area contributed by atoms with Gasteiger partial charge in [0.25, 0.3) is 0 Å². The third-order valence-electron chi connectivity index (χ3n) is 4.05. The molecule has 1 fully saturated rings. The van der Waals surface area contributed by atoms with Crippen molar-refractivity contribution in [1.82, 2.24) is 4.90 Å². The summed E-state index contributed by atoms with van der Waals surface area (Å²) in [5.41, 5.74) is 5.89. The number of hydrogen-bond donors (Lipinski definition) is 1. The van der Waals surface area contributed by atoms with Crippen molar-refractivity contribution in [2.45, 2.75) is 44.1 Å². The summed E-state index contributed by atoms with van der Waals surface area (Å²) in [7, 11) is 5.11. The second-order valence-electron chi connectivity index (χ2n) is 5.25. The topological polar surface area (TPSA) is 57.0 Å². The van der Waals surface area contributed by atoms with Gasteiger partial charge in [0.2, 0.25) is 0 Å². The zero-order valence-corrected chi connectivity index (χ0v) is 12.1. The van der Waals surface area contributed by atoms with E-state index in [9.17, 15) is 0 Å². The van der Waals surface area contributed by atoms with Crippen molar-refractivity contribution in [2.24, 2.45) is 5.73 Å². The second kappa shape index (κ2) is 7.40. The van der Waals surface area contributed by atoms with Crippen LogP contribution in [0.1, 0.15) is 26.2 Å². The number of rotatable bonds is 7. The van der Waals surface area contributed by atoms with Crippen LogP contribution in [0.25, 0.3) is 0 Å². The summed E-state index contributed by atoms with van der Waals surface area (Å²) in [6.45, 7) is 4.76. The minimum atomic E-state index is -0.207. The monoisotopic (exact) mass is 260 g/mol. The molecule has 5 nitrogen and oxygen atoms in total. The molecule has 5 heteroatoms. The highest BCUT2D eigenvalue weighted by Gasteiger charge is 2.36. The van der Waals surface area contributed by atoms with Gasteiger partial charge < -0.3 is 19.9 Å².